The number of carboxylic acids is 1. The number of aliphatic carboxylic acids is 1. The Morgan fingerprint density at radius 2 is 0.815 bits per heavy atom. The maximum atomic E-state index is 12.8. The van der Waals surface area contributed by atoms with E-state index in [4.69, 9.17) is 14.2 Å². The van der Waals surface area contributed by atoms with Crippen molar-refractivity contribution < 1.29 is 38.2 Å². The molecule has 0 aliphatic heterocycles. The smallest absolute Gasteiger partial charge is 0.362 e. The van der Waals surface area contributed by atoms with Gasteiger partial charge >= 0.3 is 17.9 Å². The van der Waals surface area contributed by atoms with Gasteiger partial charge in [0.25, 0.3) is 0 Å². The highest BCUT2D eigenvalue weighted by Crippen LogP contribution is 2.16. The quantitative estimate of drug-likeness (QED) is 0.0213. The maximum absolute atomic E-state index is 12.8. The second-order valence-corrected chi connectivity index (χ2v) is 19.9. The predicted molar refractivity (Wildman–Crippen MR) is 275 cm³/mol. The molecule has 0 fully saturated rings. The minimum absolute atomic E-state index is 0.0561. The molecule has 0 heterocycles. The highest BCUT2D eigenvalue weighted by Gasteiger charge is 2.31. The van der Waals surface area contributed by atoms with Crippen LogP contribution in [0.25, 0.3) is 0 Å². The van der Waals surface area contributed by atoms with E-state index in [0.717, 1.165) is 57.8 Å². The number of hydrogen-bond donors (Lipinski definition) is 1. The summed E-state index contributed by atoms with van der Waals surface area (Å²) >= 11 is 0. The zero-order valence-electron chi connectivity index (χ0n) is 43.5. The summed E-state index contributed by atoms with van der Waals surface area (Å²) in [6.07, 6.45) is 57.7. The zero-order chi connectivity index (χ0) is 47.7. The summed E-state index contributed by atoms with van der Waals surface area (Å²) in [6, 6.07) is -0.618. The van der Waals surface area contributed by atoms with Crippen LogP contribution in [0.3, 0.4) is 0 Å². The molecular formula is C57H106NO7+. The Labute approximate surface area is 402 Å². The largest absolute Gasteiger partial charge is 0.477 e. The third-order valence-electron chi connectivity index (χ3n) is 12.5. The number of nitrogens with zero attached hydrogens (tertiary/aromatic N) is 1. The van der Waals surface area contributed by atoms with Crippen molar-refractivity contribution in [3.05, 3.63) is 36.5 Å². The highest BCUT2D eigenvalue weighted by atomic mass is 16.6. The Morgan fingerprint density at radius 1 is 0.462 bits per heavy atom. The molecule has 8 heteroatoms. The molecule has 0 bridgehead atoms. The number of rotatable bonds is 50. The van der Waals surface area contributed by atoms with Crippen LogP contribution in [0, 0.1) is 0 Å². The van der Waals surface area contributed by atoms with Crippen molar-refractivity contribution in [1.29, 1.82) is 0 Å². The van der Waals surface area contributed by atoms with Crippen LogP contribution in [-0.4, -0.2) is 80.6 Å². The van der Waals surface area contributed by atoms with E-state index >= 15 is 0 Å². The monoisotopic (exact) mass is 917 g/mol. The summed E-state index contributed by atoms with van der Waals surface area (Å²) in [7, 11) is 5.54. The summed E-state index contributed by atoms with van der Waals surface area (Å²) in [4.78, 5) is 37.2. The number of ether oxygens (including phenoxy) is 3. The van der Waals surface area contributed by atoms with Gasteiger partial charge in [0, 0.05) is 19.3 Å². The Hall–Kier alpha value is -2.45. The first kappa shape index (κ1) is 62.5. The Balaban J connectivity index is 4.22. The van der Waals surface area contributed by atoms with E-state index in [1.165, 1.54) is 167 Å². The molecule has 0 spiro atoms. The van der Waals surface area contributed by atoms with Crippen LogP contribution in [0.2, 0.25) is 0 Å². The molecular weight excluding hydrogens is 811 g/mol. The van der Waals surface area contributed by atoms with E-state index in [9.17, 15) is 19.5 Å². The van der Waals surface area contributed by atoms with Crippen molar-refractivity contribution in [2.45, 2.75) is 270 Å². The van der Waals surface area contributed by atoms with Gasteiger partial charge < -0.3 is 23.8 Å². The molecule has 65 heavy (non-hydrogen) atoms. The molecule has 0 radical (unpaired) electrons. The van der Waals surface area contributed by atoms with Crippen LogP contribution >= 0.6 is 0 Å². The number of hydrogen-bond acceptors (Lipinski definition) is 6. The molecule has 380 valence electrons. The normalized spacial score (nSPS) is 13.1. The lowest BCUT2D eigenvalue weighted by atomic mass is 10.0. The lowest BCUT2D eigenvalue weighted by molar-refractivity contribution is -0.887. The van der Waals surface area contributed by atoms with Gasteiger partial charge in [-0.1, -0.05) is 211 Å². The molecule has 0 saturated heterocycles. The average Bonchev–Trinajstić information content (AvgIpc) is 3.27. The number of likely N-dealkylation sites (N-methyl/N-ethyl adjacent to an activating group) is 1. The lowest BCUT2D eigenvalue weighted by Gasteiger charge is -2.31. The van der Waals surface area contributed by atoms with Gasteiger partial charge in [-0.05, 0) is 64.2 Å². The summed E-state index contributed by atoms with van der Waals surface area (Å²) < 4.78 is 17.4. The molecule has 1 N–H and O–H groups in total. The molecule has 0 aromatic rings. The molecule has 0 saturated carbocycles. The van der Waals surface area contributed by atoms with E-state index < -0.39 is 18.1 Å². The van der Waals surface area contributed by atoms with Crippen molar-refractivity contribution >= 4 is 17.9 Å². The van der Waals surface area contributed by atoms with Gasteiger partial charge in [-0.3, -0.25) is 9.59 Å². The molecule has 0 rings (SSSR count). The second kappa shape index (κ2) is 48.0. The molecule has 0 aliphatic rings. The van der Waals surface area contributed by atoms with Crippen LogP contribution in [0.5, 0.6) is 0 Å². The number of quaternary nitrogens is 1. The van der Waals surface area contributed by atoms with Crippen molar-refractivity contribution in [1.82, 2.24) is 0 Å². The summed E-state index contributed by atoms with van der Waals surface area (Å²) in [5.41, 5.74) is 0. The fourth-order valence-electron chi connectivity index (χ4n) is 8.26. The average molecular weight is 917 g/mol. The Morgan fingerprint density at radius 3 is 1.20 bits per heavy atom. The number of carbonyl (C=O) groups excluding carboxylic acids is 2. The van der Waals surface area contributed by atoms with Crippen molar-refractivity contribution in [3.63, 3.8) is 0 Å². The van der Waals surface area contributed by atoms with Gasteiger partial charge in [-0.25, -0.2) is 4.79 Å². The van der Waals surface area contributed by atoms with E-state index in [2.05, 4.69) is 50.3 Å². The first-order valence-corrected chi connectivity index (χ1v) is 27.5. The van der Waals surface area contributed by atoms with Crippen molar-refractivity contribution in [3.8, 4) is 0 Å². The van der Waals surface area contributed by atoms with Gasteiger partial charge in [-0.2, -0.15) is 0 Å². The first-order chi connectivity index (χ1) is 31.6. The van der Waals surface area contributed by atoms with Crippen LogP contribution in [-0.2, 0) is 28.6 Å². The van der Waals surface area contributed by atoms with Crippen LogP contribution in [0.4, 0.5) is 0 Å². The number of carboxylic acid groups (broad SMARTS) is 1. The minimum atomic E-state index is -0.876. The number of esters is 2. The number of unbranched alkanes of at least 4 members (excludes halogenated alkanes) is 31. The molecule has 2 unspecified atom stereocenters. The fraction of sp³-hybridized carbons (Fsp3) is 0.842. The maximum Gasteiger partial charge on any atom is 0.362 e. The number of allylic oxidation sites excluding steroid dienone is 6. The lowest BCUT2D eigenvalue weighted by Crippen LogP contribution is -2.50. The molecule has 0 aromatic heterocycles. The van der Waals surface area contributed by atoms with Crippen molar-refractivity contribution in [2.75, 3.05) is 41.0 Å². The fourth-order valence-corrected chi connectivity index (χ4v) is 8.26. The van der Waals surface area contributed by atoms with Crippen LogP contribution < -0.4 is 0 Å². The molecule has 0 amide bonds. The zero-order valence-corrected chi connectivity index (χ0v) is 43.5. The molecule has 8 nitrogen and oxygen atoms in total. The third kappa shape index (κ3) is 46.4. The Bertz CT molecular complexity index is 1160. The first-order valence-electron chi connectivity index (χ1n) is 27.5. The van der Waals surface area contributed by atoms with E-state index in [0.29, 0.717) is 19.3 Å². The minimum Gasteiger partial charge on any atom is -0.477 e. The van der Waals surface area contributed by atoms with Gasteiger partial charge in [0.05, 0.1) is 34.4 Å². The molecule has 0 aliphatic carbocycles. The number of carbonyl (C=O) groups is 3. The van der Waals surface area contributed by atoms with Gasteiger partial charge in [0.2, 0.25) is 0 Å². The highest BCUT2D eigenvalue weighted by molar-refractivity contribution is 5.72. The van der Waals surface area contributed by atoms with E-state index in [1.54, 1.807) is 0 Å². The Kier molecular flexibility index (Phi) is 46.2. The van der Waals surface area contributed by atoms with Crippen LogP contribution in [0.1, 0.15) is 258 Å². The summed E-state index contributed by atoms with van der Waals surface area (Å²) in [6.45, 7) is 4.75. The predicted octanol–water partition coefficient (Wildman–Crippen LogP) is 16.1. The van der Waals surface area contributed by atoms with Gasteiger partial charge in [-0.15, -0.1) is 0 Å². The summed E-state index contributed by atoms with van der Waals surface area (Å²) in [5.74, 6) is -1.48. The van der Waals surface area contributed by atoms with E-state index in [-0.39, 0.29) is 36.2 Å². The molecule has 0 aromatic carbocycles. The SMILES string of the molecule is CCCCCCCCC/C=C/C=C/CCCCCCCC(=O)OCC(COCCC(C(=O)O)[N+](C)(C)C)OC(=O)CCCCCCCCC/C=C/CCCCCCCCCCCCCC. The van der Waals surface area contributed by atoms with E-state index in [1.807, 2.05) is 21.1 Å². The topological polar surface area (TPSA) is 99.1 Å². The second-order valence-electron chi connectivity index (χ2n) is 19.9. The molecule has 2 atom stereocenters. The van der Waals surface area contributed by atoms with Gasteiger partial charge in [0.15, 0.2) is 12.1 Å². The van der Waals surface area contributed by atoms with Crippen molar-refractivity contribution in [2.24, 2.45) is 0 Å². The summed E-state index contributed by atoms with van der Waals surface area (Å²) in [5, 5.41) is 9.66. The standard InChI is InChI=1S/C57H105NO7/c1-6-8-10-12-14-16-18-20-22-24-26-27-28-29-30-32-34-36-38-40-42-44-46-48-56(60)65-53(51-63-50-49-54(57(61)62)58(3,4)5)52-64-55(59)47-45-43-41-39-37-35-33-31-25-23-21-19-17-15-13-11-9-7-2/h23,25,29-31,33,53-54H,6-22,24,26-28,32,34-52H2,1-5H3/p+1/b25-23+,30-29+,33-31+. The third-order valence-corrected chi connectivity index (χ3v) is 12.5. The van der Waals surface area contributed by atoms with Crippen LogP contribution in [0.15, 0.2) is 36.5 Å². The van der Waals surface area contributed by atoms with Gasteiger partial charge in [0.1, 0.15) is 6.61 Å².